The van der Waals surface area contributed by atoms with Gasteiger partial charge in [-0.05, 0) is 66.3 Å². The number of rotatable bonds is 0. The first-order valence-electron chi connectivity index (χ1n) is 9.07. The maximum atomic E-state index is 12.7. The van der Waals surface area contributed by atoms with E-state index in [0.717, 1.165) is 25.7 Å². The molecule has 0 heterocycles. The van der Waals surface area contributed by atoms with E-state index in [4.69, 9.17) is 0 Å². The average Bonchev–Trinajstić information content (AvgIpc) is 2.49. The standard InChI is InChI=1S/C20H30O2/c1-11-6-7-20-12(2)8-14(21)13(18(20,3)4)9-16(20)19(5)10-15(22)17(11)19/h12-13,15-16,22H,6-10H2,1-5H3/t12-,13-,15-,16+,19+,20-/m1/s1. The molecule has 0 aromatic rings. The van der Waals surface area contributed by atoms with Crippen LogP contribution in [0, 0.1) is 34.0 Å². The molecule has 122 valence electrons. The van der Waals surface area contributed by atoms with E-state index in [0.29, 0.717) is 17.6 Å². The lowest BCUT2D eigenvalue weighted by Crippen LogP contribution is -2.56. The lowest BCUT2D eigenvalue weighted by molar-refractivity contribution is -0.143. The van der Waals surface area contributed by atoms with Gasteiger partial charge < -0.3 is 5.11 Å². The van der Waals surface area contributed by atoms with E-state index in [1.165, 1.54) is 17.6 Å². The number of carbonyl (C=O) groups is 1. The molecule has 22 heavy (non-hydrogen) atoms. The highest BCUT2D eigenvalue weighted by molar-refractivity contribution is 5.84. The first-order chi connectivity index (χ1) is 10.2. The molecule has 0 radical (unpaired) electrons. The summed E-state index contributed by atoms with van der Waals surface area (Å²) in [5.41, 5.74) is 3.26. The van der Waals surface area contributed by atoms with Crippen LogP contribution in [-0.2, 0) is 4.79 Å². The average molecular weight is 302 g/mol. The summed E-state index contributed by atoms with van der Waals surface area (Å²) < 4.78 is 0. The Morgan fingerprint density at radius 1 is 1.23 bits per heavy atom. The van der Waals surface area contributed by atoms with Crippen LogP contribution in [0.4, 0.5) is 0 Å². The number of carbonyl (C=O) groups excluding carboxylic acids is 1. The SMILES string of the molecule is CC1=C2[C@H](O)C[C@@]2(C)[C@@H]2C[C@@H]3C(=O)C[C@@H](C)[C@@]2(CC1)C3(C)C. The summed E-state index contributed by atoms with van der Waals surface area (Å²) in [6.07, 6.45) is 4.80. The van der Waals surface area contributed by atoms with Crippen molar-refractivity contribution in [1.82, 2.24) is 0 Å². The molecule has 2 bridgehead atoms. The van der Waals surface area contributed by atoms with Crippen molar-refractivity contribution in [3.63, 3.8) is 0 Å². The normalized spacial score (nSPS) is 52.7. The van der Waals surface area contributed by atoms with Crippen LogP contribution in [0.25, 0.3) is 0 Å². The van der Waals surface area contributed by atoms with E-state index in [9.17, 15) is 9.90 Å². The molecule has 1 N–H and O–H groups in total. The molecule has 2 nitrogen and oxygen atoms in total. The van der Waals surface area contributed by atoms with Crippen LogP contribution in [0.5, 0.6) is 0 Å². The van der Waals surface area contributed by atoms with E-state index < -0.39 is 0 Å². The maximum Gasteiger partial charge on any atom is 0.136 e. The van der Waals surface area contributed by atoms with E-state index in [-0.39, 0.29) is 28.3 Å². The van der Waals surface area contributed by atoms with Crippen LogP contribution in [0.1, 0.15) is 66.7 Å². The number of aliphatic hydroxyl groups excluding tert-OH is 1. The van der Waals surface area contributed by atoms with Crippen LogP contribution in [-0.4, -0.2) is 17.0 Å². The largest absolute Gasteiger partial charge is 0.389 e. The fourth-order valence-corrected chi connectivity index (χ4v) is 7.72. The van der Waals surface area contributed by atoms with Gasteiger partial charge in [-0.2, -0.15) is 0 Å². The van der Waals surface area contributed by atoms with Crippen LogP contribution < -0.4 is 0 Å². The summed E-state index contributed by atoms with van der Waals surface area (Å²) >= 11 is 0. The number of hydrogen-bond donors (Lipinski definition) is 1. The third kappa shape index (κ3) is 1.36. The van der Waals surface area contributed by atoms with Gasteiger partial charge in [0.05, 0.1) is 6.10 Å². The predicted octanol–water partition coefficient (Wildman–Crippen LogP) is 4.13. The van der Waals surface area contributed by atoms with Crippen molar-refractivity contribution in [3.05, 3.63) is 11.1 Å². The summed E-state index contributed by atoms with van der Waals surface area (Å²) in [6, 6.07) is 0. The third-order valence-corrected chi connectivity index (χ3v) is 8.65. The summed E-state index contributed by atoms with van der Waals surface area (Å²) in [5.74, 6) is 1.78. The zero-order valence-electron chi connectivity index (χ0n) is 14.7. The Kier molecular flexibility index (Phi) is 2.76. The lowest BCUT2D eigenvalue weighted by atomic mass is 9.45. The number of aliphatic hydroxyl groups is 1. The molecule has 3 saturated carbocycles. The second kappa shape index (κ2) is 4.06. The minimum atomic E-state index is -0.227. The lowest BCUT2D eigenvalue weighted by Gasteiger charge is -2.59. The highest BCUT2D eigenvalue weighted by Crippen LogP contribution is 2.76. The van der Waals surface area contributed by atoms with Gasteiger partial charge >= 0.3 is 0 Å². The van der Waals surface area contributed by atoms with Crippen LogP contribution in [0.15, 0.2) is 11.1 Å². The van der Waals surface area contributed by atoms with Crippen molar-refractivity contribution in [2.24, 2.45) is 34.0 Å². The monoisotopic (exact) mass is 302 g/mol. The Morgan fingerprint density at radius 3 is 2.55 bits per heavy atom. The van der Waals surface area contributed by atoms with Gasteiger partial charge in [0.1, 0.15) is 5.78 Å². The Balaban J connectivity index is 1.91. The molecule has 2 heteroatoms. The van der Waals surface area contributed by atoms with E-state index in [1.54, 1.807) is 0 Å². The highest BCUT2D eigenvalue weighted by atomic mass is 16.3. The molecule has 0 unspecified atom stereocenters. The van der Waals surface area contributed by atoms with Crippen molar-refractivity contribution < 1.29 is 9.90 Å². The molecular weight excluding hydrogens is 272 g/mol. The molecule has 0 aromatic heterocycles. The molecule has 1 spiro atoms. The highest BCUT2D eigenvalue weighted by Gasteiger charge is 2.72. The Morgan fingerprint density at radius 2 is 1.91 bits per heavy atom. The summed E-state index contributed by atoms with van der Waals surface area (Å²) in [5, 5.41) is 10.4. The quantitative estimate of drug-likeness (QED) is 0.683. The van der Waals surface area contributed by atoms with Crippen LogP contribution in [0.2, 0.25) is 0 Å². The molecular formula is C20H30O2. The third-order valence-electron chi connectivity index (χ3n) is 8.65. The number of ketones is 1. The zero-order valence-corrected chi connectivity index (χ0v) is 14.7. The van der Waals surface area contributed by atoms with E-state index >= 15 is 0 Å². The molecule has 0 amide bonds. The topological polar surface area (TPSA) is 37.3 Å². The predicted molar refractivity (Wildman–Crippen MR) is 87.3 cm³/mol. The van der Waals surface area contributed by atoms with Gasteiger partial charge in [0, 0.05) is 12.3 Å². The first-order valence-corrected chi connectivity index (χ1v) is 9.07. The molecule has 4 rings (SSSR count). The molecule has 3 fully saturated rings. The van der Waals surface area contributed by atoms with Gasteiger partial charge in [0.15, 0.2) is 0 Å². The van der Waals surface area contributed by atoms with Crippen molar-refractivity contribution in [2.75, 3.05) is 0 Å². The molecule has 4 aliphatic carbocycles. The fraction of sp³-hybridized carbons (Fsp3) is 0.850. The zero-order chi connectivity index (χ0) is 16.1. The van der Waals surface area contributed by atoms with Crippen molar-refractivity contribution in [1.29, 1.82) is 0 Å². The van der Waals surface area contributed by atoms with Crippen molar-refractivity contribution >= 4 is 5.78 Å². The van der Waals surface area contributed by atoms with Gasteiger partial charge in [-0.25, -0.2) is 0 Å². The van der Waals surface area contributed by atoms with Gasteiger partial charge in [-0.3, -0.25) is 4.79 Å². The van der Waals surface area contributed by atoms with Crippen molar-refractivity contribution in [2.45, 2.75) is 72.8 Å². The van der Waals surface area contributed by atoms with Crippen LogP contribution in [0.3, 0.4) is 0 Å². The van der Waals surface area contributed by atoms with E-state index in [1.807, 2.05) is 0 Å². The van der Waals surface area contributed by atoms with Gasteiger partial charge in [-0.1, -0.05) is 33.3 Å². The smallest absolute Gasteiger partial charge is 0.136 e. The number of Topliss-reactive ketones (excluding diaryl/α,β-unsaturated/α-hetero) is 1. The first kappa shape index (κ1) is 14.9. The summed E-state index contributed by atoms with van der Waals surface area (Å²) in [7, 11) is 0. The number of hydrogen-bond acceptors (Lipinski definition) is 2. The second-order valence-corrected chi connectivity index (χ2v) is 9.51. The second-order valence-electron chi connectivity index (χ2n) is 9.51. The molecule has 6 atom stereocenters. The molecule has 0 aromatic carbocycles. The minimum absolute atomic E-state index is 0.103. The Hall–Kier alpha value is -0.630. The Labute approximate surface area is 134 Å². The van der Waals surface area contributed by atoms with E-state index in [2.05, 4.69) is 34.6 Å². The number of allylic oxidation sites excluding steroid dienone is 1. The maximum absolute atomic E-state index is 12.7. The summed E-state index contributed by atoms with van der Waals surface area (Å²) in [6.45, 7) is 11.7. The van der Waals surface area contributed by atoms with Crippen molar-refractivity contribution in [3.8, 4) is 0 Å². The van der Waals surface area contributed by atoms with Gasteiger partial charge in [0.2, 0.25) is 0 Å². The summed E-state index contributed by atoms with van der Waals surface area (Å²) in [4.78, 5) is 12.7. The van der Waals surface area contributed by atoms with Gasteiger partial charge in [0.25, 0.3) is 0 Å². The fourth-order valence-electron chi connectivity index (χ4n) is 7.72. The Bertz CT molecular complexity index is 587. The molecule has 0 saturated heterocycles. The number of fused-ring (bicyclic) bond motifs is 3. The minimum Gasteiger partial charge on any atom is -0.389 e. The van der Waals surface area contributed by atoms with Gasteiger partial charge in [-0.15, -0.1) is 0 Å². The van der Waals surface area contributed by atoms with Crippen LogP contribution >= 0.6 is 0 Å². The molecule has 4 aliphatic rings. The molecule has 0 aliphatic heterocycles.